The number of rotatable bonds is 9. The largest absolute Gasteiger partial charge is 0.490 e. The van der Waals surface area contributed by atoms with Crippen molar-refractivity contribution in [3.05, 3.63) is 65.0 Å². The lowest BCUT2D eigenvalue weighted by atomic mass is 10.1. The van der Waals surface area contributed by atoms with Gasteiger partial charge in [0.25, 0.3) is 5.91 Å². The van der Waals surface area contributed by atoms with Crippen molar-refractivity contribution in [2.24, 2.45) is 10.1 Å². The minimum atomic E-state index is -0.467. The van der Waals surface area contributed by atoms with Gasteiger partial charge in [0, 0.05) is 0 Å². The molecular weight excluding hydrogens is 455 g/mol. The average Bonchev–Trinajstić information content (AvgIpc) is 3.24. The van der Waals surface area contributed by atoms with Crippen molar-refractivity contribution in [1.29, 1.82) is 5.41 Å². The van der Waals surface area contributed by atoms with E-state index in [4.69, 9.17) is 14.9 Å². The predicted molar refractivity (Wildman–Crippen MR) is 133 cm³/mol. The predicted octanol–water partition coefficient (Wildman–Crippen LogP) is 5.61. The molecule has 176 valence electrons. The van der Waals surface area contributed by atoms with Gasteiger partial charge in [0.05, 0.1) is 12.2 Å². The molecule has 4 rings (SSSR count). The van der Waals surface area contributed by atoms with Crippen LogP contribution in [0.1, 0.15) is 44.2 Å². The quantitative estimate of drug-likeness (QED) is 0.471. The Labute approximate surface area is 201 Å². The number of nitrogens with one attached hydrogen (secondary N) is 1. The number of unbranched alkanes of at least 4 members (excludes halogenated alkanes) is 1. The van der Waals surface area contributed by atoms with Gasteiger partial charge in [-0.1, -0.05) is 31.5 Å². The van der Waals surface area contributed by atoms with E-state index in [1.807, 2.05) is 6.92 Å². The van der Waals surface area contributed by atoms with E-state index >= 15 is 0 Å². The highest BCUT2D eigenvalue weighted by molar-refractivity contribution is 8.26. The normalized spacial score (nSPS) is 16.4. The maximum atomic E-state index is 13.1. The first kappa shape index (κ1) is 23.7. The number of hydrogen-bond acceptors (Lipinski definition) is 6. The van der Waals surface area contributed by atoms with Gasteiger partial charge >= 0.3 is 0 Å². The van der Waals surface area contributed by atoms with Gasteiger partial charge in [0.1, 0.15) is 17.5 Å². The summed E-state index contributed by atoms with van der Waals surface area (Å²) in [6.07, 6.45) is 4.45. The summed E-state index contributed by atoms with van der Waals surface area (Å²) in [6, 6.07) is 11.4. The summed E-state index contributed by atoms with van der Waals surface area (Å²) in [6.45, 7) is 4.65. The molecule has 34 heavy (non-hydrogen) atoms. The molecule has 0 fully saturated rings. The molecule has 2 aliphatic heterocycles. The van der Waals surface area contributed by atoms with Gasteiger partial charge in [0.2, 0.25) is 5.17 Å². The van der Waals surface area contributed by atoms with E-state index in [0.717, 1.165) is 29.9 Å². The third kappa shape index (κ3) is 5.36. The lowest BCUT2D eigenvalue weighted by Gasteiger charge is -2.20. The molecule has 2 aliphatic rings. The van der Waals surface area contributed by atoms with Crippen molar-refractivity contribution in [2.45, 2.75) is 39.7 Å². The first-order chi connectivity index (χ1) is 16.5. The van der Waals surface area contributed by atoms with Crippen LogP contribution in [0.5, 0.6) is 11.5 Å². The Morgan fingerprint density at radius 3 is 2.65 bits per heavy atom. The molecular formula is C25H25FN4O3S. The Morgan fingerprint density at radius 1 is 1.12 bits per heavy atom. The summed E-state index contributed by atoms with van der Waals surface area (Å²) in [5.41, 5.74) is 1.66. The van der Waals surface area contributed by atoms with Crippen LogP contribution in [0.15, 0.2) is 58.1 Å². The third-order valence-corrected chi connectivity index (χ3v) is 6.09. The van der Waals surface area contributed by atoms with Crippen molar-refractivity contribution in [2.75, 3.05) is 6.61 Å². The van der Waals surface area contributed by atoms with Crippen LogP contribution in [0.3, 0.4) is 0 Å². The van der Waals surface area contributed by atoms with Gasteiger partial charge in [-0.3, -0.25) is 10.2 Å². The number of hydrazone groups is 1. The molecule has 1 amide bonds. The Morgan fingerprint density at radius 2 is 1.91 bits per heavy atom. The molecule has 9 heteroatoms. The Hall–Kier alpha value is -3.46. The highest BCUT2D eigenvalue weighted by atomic mass is 32.2. The van der Waals surface area contributed by atoms with Crippen molar-refractivity contribution in [1.82, 2.24) is 5.01 Å². The van der Waals surface area contributed by atoms with Crippen LogP contribution < -0.4 is 9.47 Å². The number of nitrogens with zero attached hydrogens (tertiary/aromatic N) is 3. The van der Waals surface area contributed by atoms with Gasteiger partial charge in [-0.05, 0) is 73.0 Å². The van der Waals surface area contributed by atoms with E-state index in [1.54, 1.807) is 36.4 Å². The van der Waals surface area contributed by atoms with Crippen molar-refractivity contribution < 1.29 is 18.7 Å². The van der Waals surface area contributed by atoms with E-state index in [-0.39, 0.29) is 23.8 Å². The summed E-state index contributed by atoms with van der Waals surface area (Å²) >= 11 is 1.35. The van der Waals surface area contributed by atoms with Crippen LogP contribution in [0, 0.1) is 11.2 Å². The van der Waals surface area contributed by atoms with Gasteiger partial charge in [-0.25, -0.2) is 4.39 Å². The molecule has 0 bridgehead atoms. The van der Waals surface area contributed by atoms with Crippen LogP contribution in [0.2, 0.25) is 0 Å². The molecule has 0 spiro atoms. The highest BCUT2D eigenvalue weighted by Gasteiger charge is 2.35. The van der Waals surface area contributed by atoms with E-state index in [2.05, 4.69) is 17.0 Å². The van der Waals surface area contributed by atoms with Crippen molar-refractivity contribution in [3.63, 3.8) is 0 Å². The van der Waals surface area contributed by atoms with Gasteiger partial charge in [-0.2, -0.15) is 15.1 Å². The van der Waals surface area contributed by atoms with Crippen LogP contribution in [-0.4, -0.2) is 33.6 Å². The number of ether oxygens (including phenoxy) is 2. The van der Waals surface area contributed by atoms with Crippen LogP contribution in [0.4, 0.5) is 4.39 Å². The van der Waals surface area contributed by atoms with E-state index < -0.39 is 5.91 Å². The van der Waals surface area contributed by atoms with Crippen LogP contribution in [0.25, 0.3) is 6.08 Å². The van der Waals surface area contributed by atoms with Gasteiger partial charge in [-0.15, -0.1) is 0 Å². The molecule has 0 aliphatic carbocycles. The Bertz CT molecular complexity index is 1190. The zero-order valence-electron chi connectivity index (χ0n) is 19.0. The highest BCUT2D eigenvalue weighted by Crippen LogP contribution is 2.33. The second-order valence-corrected chi connectivity index (χ2v) is 8.71. The molecule has 0 unspecified atom stereocenters. The summed E-state index contributed by atoms with van der Waals surface area (Å²) in [5, 5.41) is 15.7. The molecule has 2 heterocycles. The lowest BCUT2D eigenvalue weighted by Crippen LogP contribution is -2.35. The summed E-state index contributed by atoms with van der Waals surface area (Å²) in [4.78, 5) is 16.8. The second kappa shape index (κ2) is 10.6. The van der Waals surface area contributed by atoms with Gasteiger partial charge in [0.15, 0.2) is 17.3 Å². The Balaban J connectivity index is 1.54. The molecule has 2 aromatic carbocycles. The molecule has 7 nitrogen and oxygen atoms in total. The SMILES string of the molecule is CCCCC1=NN2C(=N)C(=Cc3ccc(OCc4ccc(F)cc4)c(OCC)c3)C(=O)N=C2S1. The van der Waals surface area contributed by atoms with Crippen LogP contribution in [-0.2, 0) is 11.4 Å². The number of amidine groups is 2. The third-order valence-electron chi connectivity index (χ3n) is 5.13. The number of amides is 1. The number of aliphatic imine (C=N–C) groups is 1. The number of hydrogen-bond donors (Lipinski definition) is 1. The van der Waals surface area contributed by atoms with Crippen LogP contribution >= 0.6 is 11.8 Å². The topological polar surface area (TPSA) is 87.3 Å². The summed E-state index contributed by atoms with van der Waals surface area (Å²) in [5.74, 6) is 0.272. The monoisotopic (exact) mass is 480 g/mol. The standard InChI is InChI=1S/C25H25FN4O3S/c1-3-5-6-22-29-30-23(27)19(24(31)28-25(30)34-22)13-17-9-12-20(21(14-17)32-4-2)33-15-16-7-10-18(26)11-8-16/h7-14,27H,3-6,15H2,1-2H3. The number of benzene rings is 2. The smallest absolute Gasteiger partial charge is 0.283 e. The molecule has 0 atom stereocenters. The van der Waals surface area contributed by atoms with E-state index in [0.29, 0.717) is 28.8 Å². The second-order valence-electron chi connectivity index (χ2n) is 7.67. The van der Waals surface area contributed by atoms with E-state index in [9.17, 15) is 9.18 Å². The molecule has 0 saturated carbocycles. The number of carbonyl (C=O) groups is 1. The number of thioether (sulfide) groups is 1. The Kier molecular flexibility index (Phi) is 7.42. The minimum absolute atomic E-state index is 0.00333. The molecule has 0 saturated heterocycles. The maximum absolute atomic E-state index is 13.1. The molecule has 2 aromatic rings. The maximum Gasteiger partial charge on any atom is 0.283 e. The average molecular weight is 481 g/mol. The fourth-order valence-electron chi connectivity index (χ4n) is 3.37. The number of carbonyl (C=O) groups excluding carboxylic acids is 1. The molecule has 0 radical (unpaired) electrons. The van der Waals surface area contributed by atoms with Crippen molar-refractivity contribution in [3.8, 4) is 11.5 Å². The fraction of sp³-hybridized carbons (Fsp3) is 0.280. The minimum Gasteiger partial charge on any atom is -0.490 e. The first-order valence-corrected chi connectivity index (χ1v) is 11.9. The fourth-order valence-corrected chi connectivity index (χ4v) is 4.30. The molecule has 0 aromatic heterocycles. The summed E-state index contributed by atoms with van der Waals surface area (Å²) in [7, 11) is 0. The van der Waals surface area contributed by atoms with Gasteiger partial charge < -0.3 is 9.47 Å². The lowest BCUT2D eigenvalue weighted by molar-refractivity contribution is -0.114. The zero-order chi connectivity index (χ0) is 24.1. The van der Waals surface area contributed by atoms with Crippen molar-refractivity contribution >= 4 is 39.8 Å². The zero-order valence-corrected chi connectivity index (χ0v) is 19.8. The summed E-state index contributed by atoms with van der Waals surface area (Å²) < 4.78 is 24.7. The first-order valence-electron chi connectivity index (χ1n) is 11.1. The molecule has 1 N–H and O–H groups in total. The van der Waals surface area contributed by atoms with E-state index in [1.165, 1.54) is 28.9 Å². The number of fused-ring (bicyclic) bond motifs is 1. The number of halogens is 1.